The van der Waals surface area contributed by atoms with E-state index in [2.05, 4.69) is 59.1 Å². The summed E-state index contributed by atoms with van der Waals surface area (Å²) in [5, 5.41) is 3.45. The number of carbonyl (C=O) groups excluding carboxylic acids is 1. The van der Waals surface area contributed by atoms with Crippen LogP contribution in [0.15, 0.2) is 24.3 Å². The van der Waals surface area contributed by atoms with Gasteiger partial charge in [0, 0.05) is 9.99 Å². The maximum atomic E-state index is 12.5. The van der Waals surface area contributed by atoms with Crippen LogP contribution in [-0.4, -0.2) is 17.9 Å². The molecule has 1 aliphatic rings. The number of carbonyl (C=O) groups is 1. The molecule has 0 aliphatic carbocycles. The Morgan fingerprint density at radius 1 is 1.39 bits per heavy atom. The lowest BCUT2D eigenvalue weighted by Crippen LogP contribution is -2.48. The fourth-order valence-electron chi connectivity index (χ4n) is 2.78. The van der Waals surface area contributed by atoms with Crippen molar-refractivity contribution in [2.24, 2.45) is 0 Å². The molecule has 0 amide bonds. The molecule has 3 heteroatoms. The monoisotopic (exact) mass is 357 g/mol. The van der Waals surface area contributed by atoms with Crippen LogP contribution in [0.25, 0.3) is 0 Å². The van der Waals surface area contributed by atoms with Crippen molar-refractivity contribution in [3.8, 4) is 0 Å². The number of halogens is 1. The largest absolute Gasteiger partial charge is 0.305 e. The van der Waals surface area contributed by atoms with Crippen LogP contribution < -0.4 is 5.32 Å². The van der Waals surface area contributed by atoms with Crippen molar-refractivity contribution in [1.29, 1.82) is 0 Å². The van der Waals surface area contributed by atoms with E-state index in [9.17, 15) is 4.79 Å². The normalized spacial score (nSPS) is 23.2. The minimum Gasteiger partial charge on any atom is -0.305 e. The minimum atomic E-state index is -0.238. The summed E-state index contributed by atoms with van der Waals surface area (Å²) >= 11 is 2.29. The molecule has 2 rings (SSSR count). The maximum Gasteiger partial charge on any atom is 0.157 e. The molecule has 1 aromatic rings. The van der Waals surface area contributed by atoms with Gasteiger partial charge in [0.05, 0.1) is 5.54 Å². The second-order valence-corrected chi connectivity index (χ2v) is 6.33. The predicted octanol–water partition coefficient (Wildman–Crippen LogP) is 3.33. The van der Waals surface area contributed by atoms with Gasteiger partial charge in [0.2, 0.25) is 0 Å². The summed E-state index contributed by atoms with van der Waals surface area (Å²) in [7, 11) is 0. The van der Waals surface area contributed by atoms with E-state index in [4.69, 9.17) is 0 Å². The average molecular weight is 357 g/mol. The van der Waals surface area contributed by atoms with Crippen molar-refractivity contribution in [3.05, 3.63) is 33.4 Å². The zero-order chi connectivity index (χ0) is 13.0. The lowest BCUT2D eigenvalue weighted by Gasteiger charge is -2.27. The Labute approximate surface area is 123 Å². The summed E-state index contributed by atoms with van der Waals surface area (Å²) in [6, 6.07) is 8.26. The molecule has 1 N–H and O–H groups in total. The summed E-state index contributed by atoms with van der Waals surface area (Å²) in [6.07, 6.45) is 4.72. The Morgan fingerprint density at radius 2 is 2.11 bits per heavy atom. The minimum absolute atomic E-state index is 0.238. The highest BCUT2D eigenvalue weighted by Gasteiger charge is 2.39. The van der Waals surface area contributed by atoms with Crippen LogP contribution in [0, 0.1) is 3.57 Å². The highest BCUT2D eigenvalue weighted by molar-refractivity contribution is 14.1. The summed E-state index contributed by atoms with van der Waals surface area (Å²) in [5.74, 6) is 0.364. The predicted molar refractivity (Wildman–Crippen MR) is 82.7 cm³/mol. The first-order valence-electron chi connectivity index (χ1n) is 6.69. The van der Waals surface area contributed by atoms with Gasteiger partial charge in [-0.3, -0.25) is 4.79 Å². The number of rotatable bonds is 5. The second kappa shape index (κ2) is 6.15. The van der Waals surface area contributed by atoms with E-state index >= 15 is 0 Å². The van der Waals surface area contributed by atoms with Gasteiger partial charge in [-0.05, 0) is 66.1 Å². The molecule has 0 spiro atoms. The first-order valence-corrected chi connectivity index (χ1v) is 7.77. The zero-order valence-corrected chi connectivity index (χ0v) is 13.0. The molecule has 1 heterocycles. The lowest BCUT2D eigenvalue weighted by molar-refractivity contribution is -0.124. The Morgan fingerprint density at radius 3 is 2.67 bits per heavy atom. The van der Waals surface area contributed by atoms with Crippen molar-refractivity contribution in [2.45, 2.75) is 44.6 Å². The Balaban J connectivity index is 2.07. The van der Waals surface area contributed by atoms with Crippen LogP contribution in [0.5, 0.6) is 0 Å². The lowest BCUT2D eigenvalue weighted by atomic mass is 9.84. The number of Topliss-reactive ketones (excluding diaryl/α,β-unsaturated/α-hetero) is 1. The van der Waals surface area contributed by atoms with Gasteiger partial charge >= 0.3 is 0 Å². The van der Waals surface area contributed by atoms with Gasteiger partial charge in [-0.1, -0.05) is 25.5 Å². The molecule has 1 fully saturated rings. The third-order valence-corrected chi connectivity index (χ3v) is 4.45. The van der Waals surface area contributed by atoms with E-state index in [-0.39, 0.29) is 5.54 Å². The Bertz CT molecular complexity index is 407. The quantitative estimate of drug-likeness (QED) is 0.820. The van der Waals surface area contributed by atoms with Crippen LogP contribution in [0.2, 0.25) is 0 Å². The van der Waals surface area contributed by atoms with Gasteiger partial charge in [0.1, 0.15) is 0 Å². The Kier molecular flexibility index (Phi) is 4.78. The molecule has 0 aromatic heterocycles. The molecule has 18 heavy (non-hydrogen) atoms. The topological polar surface area (TPSA) is 29.1 Å². The molecule has 1 aromatic carbocycles. The fourth-order valence-corrected chi connectivity index (χ4v) is 3.14. The van der Waals surface area contributed by atoms with E-state index in [1.807, 2.05) is 0 Å². The van der Waals surface area contributed by atoms with Crippen LogP contribution >= 0.6 is 22.6 Å². The smallest absolute Gasteiger partial charge is 0.157 e. The first kappa shape index (κ1) is 14.0. The van der Waals surface area contributed by atoms with Crippen LogP contribution in [0.1, 0.15) is 38.2 Å². The van der Waals surface area contributed by atoms with Crippen molar-refractivity contribution in [1.82, 2.24) is 5.32 Å². The van der Waals surface area contributed by atoms with Crippen molar-refractivity contribution < 1.29 is 4.79 Å². The third kappa shape index (κ3) is 3.12. The standard InChI is InChI=1S/C15H20INO/c1-2-8-15(9-3-10-17-15)14(18)11-12-4-6-13(16)7-5-12/h4-7,17H,2-3,8-11H2,1H3. The molecular weight excluding hydrogens is 337 g/mol. The highest BCUT2D eigenvalue weighted by Crippen LogP contribution is 2.27. The molecule has 1 atom stereocenters. The van der Waals surface area contributed by atoms with Crippen molar-refractivity contribution >= 4 is 28.4 Å². The SMILES string of the molecule is CCCC1(C(=O)Cc2ccc(I)cc2)CCCN1. The van der Waals surface area contributed by atoms with Crippen LogP contribution in [-0.2, 0) is 11.2 Å². The molecular formula is C15H20INO. The second-order valence-electron chi connectivity index (χ2n) is 5.09. The molecule has 0 bridgehead atoms. The summed E-state index contributed by atoms with van der Waals surface area (Å²) in [6.45, 7) is 3.14. The molecule has 0 saturated carbocycles. The van der Waals surface area contributed by atoms with E-state index in [0.717, 1.165) is 37.8 Å². The molecule has 98 valence electrons. The van der Waals surface area contributed by atoms with Gasteiger partial charge in [-0.15, -0.1) is 0 Å². The fraction of sp³-hybridized carbons (Fsp3) is 0.533. The molecule has 0 radical (unpaired) electrons. The Hall–Kier alpha value is -0.420. The zero-order valence-electron chi connectivity index (χ0n) is 10.8. The third-order valence-electron chi connectivity index (χ3n) is 3.73. The van der Waals surface area contributed by atoms with Gasteiger partial charge in [0.25, 0.3) is 0 Å². The van der Waals surface area contributed by atoms with E-state index < -0.39 is 0 Å². The summed E-state index contributed by atoms with van der Waals surface area (Å²) < 4.78 is 1.21. The first-order chi connectivity index (χ1) is 8.66. The number of benzene rings is 1. The number of hydrogen-bond donors (Lipinski definition) is 1. The highest BCUT2D eigenvalue weighted by atomic mass is 127. The van der Waals surface area contributed by atoms with Crippen molar-refractivity contribution in [2.75, 3.05) is 6.54 Å². The number of nitrogens with one attached hydrogen (secondary N) is 1. The summed E-state index contributed by atoms with van der Waals surface area (Å²) in [5.41, 5.74) is 0.891. The summed E-state index contributed by atoms with van der Waals surface area (Å²) in [4.78, 5) is 12.5. The van der Waals surface area contributed by atoms with E-state index in [1.165, 1.54) is 3.57 Å². The van der Waals surface area contributed by atoms with E-state index in [0.29, 0.717) is 12.2 Å². The van der Waals surface area contributed by atoms with Crippen LogP contribution in [0.3, 0.4) is 0 Å². The van der Waals surface area contributed by atoms with Gasteiger partial charge < -0.3 is 5.32 Å². The average Bonchev–Trinajstić information content (AvgIpc) is 2.82. The van der Waals surface area contributed by atoms with Gasteiger partial charge in [0.15, 0.2) is 5.78 Å². The number of ketones is 1. The van der Waals surface area contributed by atoms with Gasteiger partial charge in [-0.2, -0.15) is 0 Å². The van der Waals surface area contributed by atoms with Crippen LogP contribution in [0.4, 0.5) is 0 Å². The maximum absolute atomic E-state index is 12.5. The molecule has 2 nitrogen and oxygen atoms in total. The molecule has 1 saturated heterocycles. The molecule has 1 unspecified atom stereocenters. The van der Waals surface area contributed by atoms with E-state index in [1.54, 1.807) is 0 Å². The molecule has 1 aliphatic heterocycles. The van der Waals surface area contributed by atoms with Gasteiger partial charge in [-0.25, -0.2) is 0 Å². The van der Waals surface area contributed by atoms with Crippen molar-refractivity contribution in [3.63, 3.8) is 0 Å². The number of hydrogen-bond acceptors (Lipinski definition) is 2.